The van der Waals surface area contributed by atoms with Crippen molar-refractivity contribution in [2.24, 2.45) is 5.84 Å². The minimum atomic E-state index is -3.20. The number of hydrogen-bond acceptors (Lipinski definition) is 4. The highest BCUT2D eigenvalue weighted by molar-refractivity contribution is 7.90. The Labute approximate surface area is 53.6 Å². The molecule has 0 atom stereocenters. The largest absolute Gasteiger partial charge is 0.314 e. The molecule has 0 aromatic carbocycles. The van der Waals surface area contributed by atoms with Gasteiger partial charge in [-0.25, -0.2) is 8.42 Å². The van der Waals surface area contributed by atoms with Gasteiger partial charge >= 0.3 is 0 Å². The molecule has 1 fully saturated rings. The van der Waals surface area contributed by atoms with E-state index in [9.17, 15) is 8.42 Å². The zero-order chi connectivity index (χ0) is 6.91. The number of nitrogens with one attached hydrogen (secondary N) is 2. The summed E-state index contributed by atoms with van der Waals surface area (Å²) < 4.78 is 21.4. The van der Waals surface area contributed by atoms with Crippen LogP contribution in [0.15, 0.2) is 0 Å². The van der Waals surface area contributed by atoms with Crippen LogP contribution in [-0.2, 0) is 10.0 Å². The van der Waals surface area contributed by atoms with Crippen LogP contribution in [-0.4, -0.2) is 26.8 Å². The Balaban J connectivity index is 2.59. The minimum absolute atomic E-state index is 0.331. The maximum atomic E-state index is 10.7. The Morgan fingerprint density at radius 2 is 2.11 bits per heavy atom. The van der Waals surface area contributed by atoms with Crippen molar-refractivity contribution in [2.75, 3.05) is 13.1 Å². The first-order valence-electron chi connectivity index (χ1n) is 2.59. The number of sulfonamides is 1. The summed E-state index contributed by atoms with van der Waals surface area (Å²) in [5.74, 6) is 4.75. The molecule has 6 heteroatoms. The van der Waals surface area contributed by atoms with Crippen LogP contribution in [0.1, 0.15) is 0 Å². The lowest BCUT2D eigenvalue weighted by molar-refractivity contribution is 0.488. The van der Waals surface area contributed by atoms with E-state index in [1.165, 1.54) is 0 Å². The fourth-order valence-corrected chi connectivity index (χ4v) is 1.44. The molecule has 0 amide bonds. The SMILES string of the molecule is NNS(=O)(=O)C1CNC1. The van der Waals surface area contributed by atoms with Gasteiger partial charge in [0, 0.05) is 13.1 Å². The summed E-state index contributed by atoms with van der Waals surface area (Å²) in [6.07, 6.45) is 0. The predicted molar refractivity (Wildman–Crippen MR) is 32.9 cm³/mol. The molecule has 1 heterocycles. The number of hydrazine groups is 1. The summed E-state index contributed by atoms with van der Waals surface area (Å²) in [5.41, 5.74) is 0. The first-order chi connectivity index (χ1) is 4.17. The molecule has 0 bridgehead atoms. The Morgan fingerprint density at radius 1 is 1.56 bits per heavy atom. The number of nitrogens with two attached hydrogens (primary N) is 1. The Morgan fingerprint density at radius 3 is 2.22 bits per heavy atom. The van der Waals surface area contributed by atoms with Gasteiger partial charge in [-0.2, -0.15) is 4.83 Å². The third-order valence-electron chi connectivity index (χ3n) is 1.35. The number of rotatable bonds is 2. The summed E-state index contributed by atoms with van der Waals surface area (Å²) >= 11 is 0. The third kappa shape index (κ3) is 1.21. The summed E-state index contributed by atoms with van der Waals surface area (Å²) in [7, 11) is -3.20. The highest BCUT2D eigenvalue weighted by Gasteiger charge is 2.29. The van der Waals surface area contributed by atoms with Crippen molar-refractivity contribution >= 4 is 10.0 Å². The molecule has 0 aromatic heterocycles. The second-order valence-corrected chi connectivity index (χ2v) is 3.94. The smallest absolute Gasteiger partial charge is 0.229 e. The van der Waals surface area contributed by atoms with Crippen molar-refractivity contribution in [3.63, 3.8) is 0 Å². The van der Waals surface area contributed by atoms with Crippen LogP contribution in [0, 0.1) is 0 Å². The van der Waals surface area contributed by atoms with Crippen LogP contribution < -0.4 is 16.0 Å². The van der Waals surface area contributed by atoms with E-state index in [1.54, 1.807) is 4.83 Å². The quantitative estimate of drug-likeness (QED) is 0.307. The summed E-state index contributed by atoms with van der Waals surface area (Å²) in [6, 6.07) is 0. The van der Waals surface area contributed by atoms with E-state index < -0.39 is 10.0 Å². The van der Waals surface area contributed by atoms with Gasteiger partial charge in [0.2, 0.25) is 10.0 Å². The van der Waals surface area contributed by atoms with Gasteiger partial charge in [0.1, 0.15) is 5.25 Å². The van der Waals surface area contributed by atoms with Crippen LogP contribution in [0.25, 0.3) is 0 Å². The van der Waals surface area contributed by atoms with Crippen molar-refractivity contribution in [2.45, 2.75) is 5.25 Å². The fraction of sp³-hybridized carbons (Fsp3) is 1.00. The average Bonchev–Trinajstić information content (AvgIpc) is 1.60. The standard InChI is InChI=1S/C3H9N3O2S/c4-6-9(7,8)3-1-5-2-3/h3,5-6H,1-2,4H2. The molecular formula is C3H9N3O2S. The molecule has 0 saturated carbocycles. The van der Waals surface area contributed by atoms with E-state index in [1.807, 2.05) is 0 Å². The molecule has 54 valence electrons. The molecule has 1 aliphatic heterocycles. The molecule has 1 saturated heterocycles. The molecule has 0 unspecified atom stereocenters. The molecule has 0 aromatic rings. The maximum Gasteiger partial charge on any atom is 0.229 e. The Hall–Kier alpha value is -0.170. The summed E-state index contributed by atoms with van der Waals surface area (Å²) in [4.78, 5) is 1.78. The van der Waals surface area contributed by atoms with Gasteiger partial charge in [0.05, 0.1) is 0 Å². The predicted octanol–water partition coefficient (Wildman–Crippen LogP) is -2.25. The first kappa shape index (κ1) is 6.94. The van der Waals surface area contributed by atoms with Gasteiger partial charge in [-0.15, -0.1) is 0 Å². The molecule has 5 nitrogen and oxygen atoms in total. The molecule has 9 heavy (non-hydrogen) atoms. The first-order valence-corrected chi connectivity index (χ1v) is 4.13. The van der Waals surface area contributed by atoms with Gasteiger partial charge < -0.3 is 5.32 Å². The van der Waals surface area contributed by atoms with Crippen molar-refractivity contribution < 1.29 is 8.42 Å². The van der Waals surface area contributed by atoms with E-state index >= 15 is 0 Å². The monoisotopic (exact) mass is 151 g/mol. The lowest BCUT2D eigenvalue weighted by Crippen LogP contribution is -2.56. The minimum Gasteiger partial charge on any atom is -0.314 e. The molecule has 1 rings (SSSR count). The van der Waals surface area contributed by atoms with Gasteiger partial charge in [0.15, 0.2) is 0 Å². The molecule has 1 aliphatic rings. The normalized spacial score (nSPS) is 21.4. The third-order valence-corrected chi connectivity index (χ3v) is 2.89. The molecule has 4 N–H and O–H groups in total. The van der Waals surface area contributed by atoms with Gasteiger partial charge in [-0.1, -0.05) is 0 Å². The van der Waals surface area contributed by atoms with E-state index in [-0.39, 0.29) is 5.25 Å². The number of hydrogen-bond donors (Lipinski definition) is 3. The van der Waals surface area contributed by atoms with Crippen LogP contribution in [0.5, 0.6) is 0 Å². The molecule has 0 radical (unpaired) electrons. The lowest BCUT2D eigenvalue weighted by atomic mass is 10.3. The zero-order valence-corrected chi connectivity index (χ0v) is 5.61. The van der Waals surface area contributed by atoms with Gasteiger partial charge in [-0.3, -0.25) is 5.84 Å². The Bertz CT molecular complexity index is 183. The van der Waals surface area contributed by atoms with Crippen LogP contribution >= 0.6 is 0 Å². The summed E-state index contributed by atoms with van der Waals surface area (Å²) in [5, 5.41) is 2.50. The van der Waals surface area contributed by atoms with Crippen molar-refractivity contribution in [3.8, 4) is 0 Å². The second kappa shape index (κ2) is 2.22. The molecule has 0 aliphatic carbocycles. The zero-order valence-electron chi connectivity index (χ0n) is 4.79. The van der Waals surface area contributed by atoms with Crippen LogP contribution in [0.3, 0.4) is 0 Å². The van der Waals surface area contributed by atoms with Crippen molar-refractivity contribution in [1.29, 1.82) is 0 Å². The van der Waals surface area contributed by atoms with Gasteiger partial charge in [0.25, 0.3) is 0 Å². The maximum absolute atomic E-state index is 10.7. The average molecular weight is 151 g/mol. The van der Waals surface area contributed by atoms with E-state index in [0.29, 0.717) is 13.1 Å². The molecular weight excluding hydrogens is 142 g/mol. The van der Waals surface area contributed by atoms with E-state index in [4.69, 9.17) is 5.84 Å². The van der Waals surface area contributed by atoms with Gasteiger partial charge in [-0.05, 0) is 0 Å². The topological polar surface area (TPSA) is 84.2 Å². The van der Waals surface area contributed by atoms with Crippen molar-refractivity contribution in [1.82, 2.24) is 10.1 Å². The highest BCUT2D eigenvalue weighted by Crippen LogP contribution is 2.01. The lowest BCUT2D eigenvalue weighted by Gasteiger charge is -2.25. The van der Waals surface area contributed by atoms with Crippen molar-refractivity contribution in [3.05, 3.63) is 0 Å². The highest BCUT2D eigenvalue weighted by atomic mass is 32.2. The van der Waals surface area contributed by atoms with E-state index in [0.717, 1.165) is 0 Å². The fourth-order valence-electron chi connectivity index (χ4n) is 0.578. The van der Waals surface area contributed by atoms with Crippen LogP contribution in [0.2, 0.25) is 0 Å². The molecule has 0 spiro atoms. The summed E-state index contributed by atoms with van der Waals surface area (Å²) in [6.45, 7) is 1.01. The second-order valence-electron chi connectivity index (χ2n) is 1.94. The Kier molecular flexibility index (Phi) is 1.71. The van der Waals surface area contributed by atoms with E-state index in [2.05, 4.69) is 5.32 Å². The van der Waals surface area contributed by atoms with Crippen LogP contribution in [0.4, 0.5) is 0 Å².